The predicted octanol–water partition coefficient (Wildman–Crippen LogP) is 5.07. The first-order valence-electron chi connectivity index (χ1n) is 8.94. The lowest BCUT2D eigenvalue weighted by molar-refractivity contribution is -0.135. The zero-order chi connectivity index (χ0) is 17.9. The molecule has 1 fully saturated rings. The summed E-state index contributed by atoms with van der Waals surface area (Å²) in [6.07, 6.45) is 3.63. The van der Waals surface area contributed by atoms with Crippen LogP contribution in [0.3, 0.4) is 0 Å². The Labute approximate surface area is 160 Å². The van der Waals surface area contributed by atoms with Crippen LogP contribution in [0.2, 0.25) is 0 Å². The molecule has 1 aromatic carbocycles. The smallest absolute Gasteiger partial charge is 0.223 e. The quantitative estimate of drug-likeness (QED) is 0.577. The van der Waals surface area contributed by atoms with Gasteiger partial charge in [0.05, 0.1) is 21.1 Å². The zero-order valence-electron chi connectivity index (χ0n) is 14.4. The number of benzene rings is 1. The number of fused-ring (bicyclic) bond motifs is 1. The van der Waals surface area contributed by atoms with Crippen molar-refractivity contribution in [3.8, 4) is 0 Å². The second-order valence-corrected chi connectivity index (χ2v) is 8.53. The molecule has 2 aromatic heterocycles. The number of aromatic nitrogens is 1. The minimum absolute atomic E-state index is 0.0467. The predicted molar refractivity (Wildman–Crippen MR) is 106 cm³/mol. The van der Waals surface area contributed by atoms with Crippen molar-refractivity contribution in [3.05, 3.63) is 51.7 Å². The standard InChI is InChI=1S/C20H20N2O2S2/c23-16(18-9-5-13-25-18)10-11-19(24)22-12-4-3-7-15(22)20-21-14-6-1-2-8-17(14)26-20/h1-2,5-6,8-9,13,15H,3-4,7,10-12H2. The lowest BCUT2D eigenvalue weighted by Gasteiger charge is -2.34. The third-order valence-corrected chi connectivity index (χ3v) is 6.83. The summed E-state index contributed by atoms with van der Waals surface area (Å²) < 4.78 is 1.16. The van der Waals surface area contributed by atoms with E-state index in [2.05, 4.69) is 6.07 Å². The molecule has 1 unspecified atom stereocenters. The number of hydrogen-bond donors (Lipinski definition) is 0. The Morgan fingerprint density at radius 3 is 2.81 bits per heavy atom. The normalized spacial score (nSPS) is 17.5. The van der Waals surface area contributed by atoms with Gasteiger partial charge in [-0.25, -0.2) is 4.98 Å². The highest BCUT2D eigenvalue weighted by atomic mass is 32.1. The van der Waals surface area contributed by atoms with Gasteiger partial charge in [0.2, 0.25) is 5.91 Å². The van der Waals surface area contributed by atoms with E-state index in [1.165, 1.54) is 11.3 Å². The molecule has 0 N–H and O–H groups in total. The molecule has 0 saturated carbocycles. The van der Waals surface area contributed by atoms with Gasteiger partial charge in [0.15, 0.2) is 5.78 Å². The summed E-state index contributed by atoms with van der Waals surface area (Å²) in [5.74, 6) is 0.126. The van der Waals surface area contributed by atoms with Gasteiger partial charge in [-0.2, -0.15) is 0 Å². The molecule has 4 nitrogen and oxygen atoms in total. The maximum Gasteiger partial charge on any atom is 0.223 e. The van der Waals surface area contributed by atoms with Crippen molar-refractivity contribution in [2.75, 3.05) is 6.54 Å². The zero-order valence-corrected chi connectivity index (χ0v) is 16.0. The number of thiophene rings is 1. The van der Waals surface area contributed by atoms with Crippen LogP contribution >= 0.6 is 22.7 Å². The van der Waals surface area contributed by atoms with E-state index in [-0.39, 0.29) is 30.6 Å². The molecule has 0 radical (unpaired) electrons. The van der Waals surface area contributed by atoms with Crippen LogP contribution in [0.1, 0.15) is 52.8 Å². The highest BCUT2D eigenvalue weighted by molar-refractivity contribution is 7.18. The van der Waals surface area contributed by atoms with Crippen LogP contribution in [0.15, 0.2) is 41.8 Å². The average molecular weight is 385 g/mol. The molecule has 26 heavy (non-hydrogen) atoms. The van der Waals surface area contributed by atoms with Gasteiger partial charge in [0, 0.05) is 19.4 Å². The molecule has 1 aliphatic heterocycles. The van der Waals surface area contributed by atoms with Crippen LogP contribution in [0.25, 0.3) is 10.2 Å². The molecule has 6 heteroatoms. The summed E-state index contributed by atoms with van der Waals surface area (Å²) in [7, 11) is 0. The Morgan fingerprint density at radius 2 is 2.00 bits per heavy atom. The van der Waals surface area contributed by atoms with E-state index in [9.17, 15) is 9.59 Å². The number of likely N-dealkylation sites (tertiary alicyclic amines) is 1. The van der Waals surface area contributed by atoms with Gasteiger partial charge in [0.1, 0.15) is 5.01 Å². The van der Waals surface area contributed by atoms with E-state index in [4.69, 9.17) is 4.98 Å². The molecule has 1 amide bonds. The first kappa shape index (κ1) is 17.4. The van der Waals surface area contributed by atoms with Crippen LogP contribution in [0.5, 0.6) is 0 Å². The maximum atomic E-state index is 12.8. The minimum Gasteiger partial charge on any atom is -0.333 e. The summed E-state index contributed by atoms with van der Waals surface area (Å²) in [5, 5.41) is 2.91. The highest BCUT2D eigenvalue weighted by Crippen LogP contribution is 2.36. The first-order chi connectivity index (χ1) is 12.7. The molecule has 1 atom stereocenters. The molecule has 134 valence electrons. The second-order valence-electron chi connectivity index (χ2n) is 6.52. The van der Waals surface area contributed by atoms with E-state index in [0.29, 0.717) is 0 Å². The molecule has 0 aliphatic carbocycles. The van der Waals surface area contributed by atoms with Crippen LogP contribution in [0.4, 0.5) is 0 Å². The second kappa shape index (κ2) is 7.68. The van der Waals surface area contributed by atoms with Crippen molar-refractivity contribution >= 4 is 44.6 Å². The molecule has 1 aliphatic rings. The number of thiazole rings is 1. The van der Waals surface area contributed by atoms with Gasteiger partial charge in [-0.15, -0.1) is 22.7 Å². The van der Waals surface area contributed by atoms with E-state index in [1.54, 1.807) is 11.3 Å². The molecule has 4 rings (SSSR count). The minimum atomic E-state index is 0.0467. The van der Waals surface area contributed by atoms with Crippen LogP contribution in [-0.2, 0) is 4.79 Å². The molecule has 0 spiro atoms. The Morgan fingerprint density at radius 1 is 1.12 bits per heavy atom. The Bertz CT molecular complexity index is 884. The van der Waals surface area contributed by atoms with Gasteiger partial charge in [-0.1, -0.05) is 18.2 Å². The van der Waals surface area contributed by atoms with Crippen LogP contribution in [-0.4, -0.2) is 28.1 Å². The van der Waals surface area contributed by atoms with E-state index in [1.807, 2.05) is 40.6 Å². The summed E-state index contributed by atoms with van der Waals surface area (Å²) in [6, 6.07) is 11.8. The van der Waals surface area contributed by atoms with Crippen molar-refractivity contribution in [2.45, 2.75) is 38.1 Å². The maximum absolute atomic E-state index is 12.8. The number of hydrogen-bond acceptors (Lipinski definition) is 5. The van der Waals surface area contributed by atoms with E-state index >= 15 is 0 Å². The topological polar surface area (TPSA) is 50.3 Å². The van der Waals surface area contributed by atoms with Crippen molar-refractivity contribution < 1.29 is 9.59 Å². The van der Waals surface area contributed by atoms with E-state index < -0.39 is 0 Å². The molecule has 3 aromatic rings. The third-order valence-electron chi connectivity index (χ3n) is 4.78. The van der Waals surface area contributed by atoms with Crippen LogP contribution in [0, 0.1) is 0 Å². The van der Waals surface area contributed by atoms with Crippen molar-refractivity contribution in [1.82, 2.24) is 9.88 Å². The fraction of sp³-hybridized carbons (Fsp3) is 0.350. The van der Waals surface area contributed by atoms with E-state index in [0.717, 1.165) is 45.9 Å². The van der Waals surface area contributed by atoms with Crippen molar-refractivity contribution in [3.63, 3.8) is 0 Å². The molecular weight excluding hydrogens is 364 g/mol. The summed E-state index contributed by atoms with van der Waals surface area (Å²) in [5.41, 5.74) is 0.998. The van der Waals surface area contributed by atoms with Gasteiger partial charge in [-0.05, 0) is 42.8 Å². The Hall–Kier alpha value is -2.05. The van der Waals surface area contributed by atoms with Gasteiger partial charge in [0.25, 0.3) is 0 Å². The number of ketones is 1. The SMILES string of the molecule is O=C(CCC(=O)N1CCCCC1c1nc2ccccc2s1)c1cccs1. The largest absolute Gasteiger partial charge is 0.333 e. The fourth-order valence-electron chi connectivity index (χ4n) is 3.44. The number of rotatable bonds is 5. The monoisotopic (exact) mass is 384 g/mol. The molecule has 3 heterocycles. The number of para-hydroxylation sites is 1. The fourth-order valence-corrected chi connectivity index (χ4v) is 5.25. The molecular formula is C20H20N2O2S2. The first-order valence-corrected chi connectivity index (χ1v) is 10.6. The van der Waals surface area contributed by atoms with Crippen LogP contribution < -0.4 is 0 Å². The molecule has 1 saturated heterocycles. The van der Waals surface area contributed by atoms with Gasteiger partial charge < -0.3 is 4.90 Å². The van der Waals surface area contributed by atoms with Crippen molar-refractivity contribution in [1.29, 1.82) is 0 Å². The number of amides is 1. The number of nitrogens with zero attached hydrogens (tertiary/aromatic N) is 2. The van der Waals surface area contributed by atoms with Gasteiger partial charge in [-0.3, -0.25) is 9.59 Å². The number of carbonyl (C=O) groups is 2. The molecule has 0 bridgehead atoms. The highest BCUT2D eigenvalue weighted by Gasteiger charge is 2.30. The lowest BCUT2D eigenvalue weighted by atomic mass is 10.0. The Balaban J connectivity index is 1.48. The number of Topliss-reactive ketones (excluding diaryl/α,β-unsaturated/α-hetero) is 1. The number of piperidine rings is 1. The summed E-state index contributed by atoms with van der Waals surface area (Å²) >= 11 is 3.11. The van der Waals surface area contributed by atoms with Gasteiger partial charge >= 0.3 is 0 Å². The summed E-state index contributed by atoms with van der Waals surface area (Å²) in [4.78, 5) is 32.5. The van der Waals surface area contributed by atoms with Crippen molar-refractivity contribution in [2.24, 2.45) is 0 Å². The average Bonchev–Trinajstić information content (AvgIpc) is 3.35. The third kappa shape index (κ3) is 3.57. The number of carbonyl (C=O) groups excluding carboxylic acids is 2. The Kier molecular flexibility index (Phi) is 5.13. The summed E-state index contributed by atoms with van der Waals surface area (Å²) in [6.45, 7) is 0.757. The lowest BCUT2D eigenvalue weighted by Crippen LogP contribution is -2.38.